The Morgan fingerprint density at radius 1 is 1.40 bits per heavy atom. The molecule has 0 aliphatic carbocycles. The molecule has 1 aliphatic heterocycles. The molecule has 1 aliphatic rings. The predicted molar refractivity (Wildman–Crippen MR) is 94.3 cm³/mol. The van der Waals surface area contributed by atoms with Crippen LogP contribution >= 0.6 is 0 Å². The Hall–Kier alpha value is -2.47. The summed E-state index contributed by atoms with van der Waals surface area (Å²) in [6.07, 6.45) is 3.07. The predicted octanol–water partition coefficient (Wildman–Crippen LogP) is 2.61. The molecule has 2 atom stereocenters. The topological polar surface area (TPSA) is 87.7 Å². The first kappa shape index (κ1) is 17.4. The number of rotatable bonds is 5. The van der Waals surface area contributed by atoms with E-state index in [1.54, 1.807) is 18.3 Å². The van der Waals surface area contributed by atoms with Gasteiger partial charge in [-0.25, -0.2) is 4.99 Å². The van der Waals surface area contributed by atoms with Gasteiger partial charge in [-0.05, 0) is 43.0 Å². The van der Waals surface area contributed by atoms with Crippen molar-refractivity contribution >= 4 is 11.7 Å². The molecule has 6 nitrogen and oxygen atoms in total. The fraction of sp³-hybridized carbons (Fsp3) is 0.421. The standard InChI is InChI=1S/C19H23N3O3/c1-5-12-9-13(16(23)14-7-6-8-25-14)15(20-10-12)17-21-18(24)19(4,22-17)11(2)3/h6-11,16,23H,5H2,1-4H3,(H,21,22,24). The maximum absolute atomic E-state index is 12.4. The molecule has 1 amide bonds. The van der Waals surface area contributed by atoms with Gasteiger partial charge in [0.2, 0.25) is 0 Å². The summed E-state index contributed by atoms with van der Waals surface area (Å²) in [6.45, 7) is 7.74. The van der Waals surface area contributed by atoms with Crippen molar-refractivity contribution in [2.75, 3.05) is 0 Å². The summed E-state index contributed by atoms with van der Waals surface area (Å²) >= 11 is 0. The van der Waals surface area contributed by atoms with Gasteiger partial charge in [-0.15, -0.1) is 0 Å². The minimum absolute atomic E-state index is 0.0402. The normalized spacial score (nSPS) is 21.4. The van der Waals surface area contributed by atoms with E-state index in [1.807, 2.05) is 33.8 Å². The third-order valence-corrected chi connectivity index (χ3v) is 4.87. The van der Waals surface area contributed by atoms with E-state index in [2.05, 4.69) is 15.3 Å². The second-order valence-electron chi connectivity index (χ2n) is 6.77. The number of nitrogens with one attached hydrogen (secondary N) is 1. The van der Waals surface area contributed by atoms with E-state index in [0.717, 1.165) is 12.0 Å². The van der Waals surface area contributed by atoms with Crippen LogP contribution in [0, 0.1) is 5.92 Å². The van der Waals surface area contributed by atoms with Crippen molar-refractivity contribution in [2.45, 2.75) is 45.8 Å². The van der Waals surface area contributed by atoms with Crippen LogP contribution in [0.2, 0.25) is 0 Å². The van der Waals surface area contributed by atoms with Crippen LogP contribution in [0.5, 0.6) is 0 Å². The second kappa shape index (κ2) is 6.44. The highest BCUT2D eigenvalue weighted by Crippen LogP contribution is 2.30. The lowest BCUT2D eigenvalue weighted by molar-refractivity contribution is -0.124. The zero-order valence-electron chi connectivity index (χ0n) is 14.9. The fourth-order valence-electron chi connectivity index (χ4n) is 2.78. The Bertz CT molecular complexity index is 811. The Morgan fingerprint density at radius 3 is 2.72 bits per heavy atom. The molecule has 2 aromatic rings. The van der Waals surface area contributed by atoms with Crippen molar-refractivity contribution in [1.82, 2.24) is 10.3 Å². The van der Waals surface area contributed by atoms with E-state index in [0.29, 0.717) is 22.9 Å². The van der Waals surface area contributed by atoms with E-state index in [-0.39, 0.29) is 11.8 Å². The molecule has 2 N–H and O–H groups in total. The largest absolute Gasteiger partial charge is 0.466 e. The number of amides is 1. The van der Waals surface area contributed by atoms with Crippen LogP contribution in [0.15, 0.2) is 40.1 Å². The quantitative estimate of drug-likeness (QED) is 0.875. The molecule has 0 bridgehead atoms. The number of hydrogen-bond acceptors (Lipinski definition) is 5. The molecule has 2 aromatic heterocycles. The highest BCUT2D eigenvalue weighted by molar-refractivity contribution is 6.15. The van der Waals surface area contributed by atoms with Gasteiger partial charge in [0.05, 0.1) is 6.26 Å². The minimum Gasteiger partial charge on any atom is -0.466 e. The molecule has 3 rings (SSSR count). The van der Waals surface area contributed by atoms with E-state index in [4.69, 9.17) is 4.42 Å². The monoisotopic (exact) mass is 341 g/mol. The maximum atomic E-state index is 12.4. The zero-order valence-corrected chi connectivity index (χ0v) is 14.9. The van der Waals surface area contributed by atoms with Gasteiger partial charge < -0.3 is 14.8 Å². The van der Waals surface area contributed by atoms with Crippen LogP contribution in [0.3, 0.4) is 0 Å². The van der Waals surface area contributed by atoms with Crippen molar-refractivity contribution in [3.05, 3.63) is 53.2 Å². The Kier molecular flexibility index (Phi) is 4.47. The van der Waals surface area contributed by atoms with Gasteiger partial charge in [0.15, 0.2) is 5.84 Å². The summed E-state index contributed by atoms with van der Waals surface area (Å²) in [5.41, 5.74) is 1.19. The molecule has 132 valence electrons. The van der Waals surface area contributed by atoms with Crippen LogP contribution < -0.4 is 5.32 Å². The third kappa shape index (κ3) is 2.98. The summed E-state index contributed by atoms with van der Waals surface area (Å²) in [4.78, 5) is 21.5. The van der Waals surface area contributed by atoms with Crippen molar-refractivity contribution in [3.63, 3.8) is 0 Å². The third-order valence-electron chi connectivity index (χ3n) is 4.87. The van der Waals surface area contributed by atoms with Gasteiger partial charge in [-0.3, -0.25) is 9.78 Å². The average molecular weight is 341 g/mol. The first-order valence-electron chi connectivity index (χ1n) is 8.48. The van der Waals surface area contributed by atoms with Crippen LogP contribution in [0.4, 0.5) is 0 Å². The van der Waals surface area contributed by atoms with Gasteiger partial charge in [0, 0.05) is 11.8 Å². The molecule has 3 heterocycles. The van der Waals surface area contributed by atoms with Gasteiger partial charge in [0.1, 0.15) is 23.1 Å². The lowest BCUT2D eigenvalue weighted by atomic mass is 9.89. The van der Waals surface area contributed by atoms with E-state index in [9.17, 15) is 9.90 Å². The molecule has 25 heavy (non-hydrogen) atoms. The number of aliphatic hydroxyl groups is 1. The number of pyridine rings is 1. The number of aliphatic hydroxyl groups excluding tert-OH is 1. The van der Waals surface area contributed by atoms with Crippen LogP contribution in [0.25, 0.3) is 0 Å². The highest BCUT2D eigenvalue weighted by atomic mass is 16.4. The molecule has 0 aromatic carbocycles. The Balaban J connectivity index is 2.09. The molecule has 6 heteroatoms. The van der Waals surface area contributed by atoms with Gasteiger partial charge in [-0.1, -0.05) is 20.8 Å². The smallest absolute Gasteiger partial charge is 0.253 e. The summed E-state index contributed by atoms with van der Waals surface area (Å²) in [7, 11) is 0. The van der Waals surface area contributed by atoms with Crippen LogP contribution in [0.1, 0.15) is 56.4 Å². The summed E-state index contributed by atoms with van der Waals surface area (Å²) in [5.74, 6) is 0.702. The number of aromatic nitrogens is 1. The van der Waals surface area contributed by atoms with E-state index >= 15 is 0 Å². The molecular formula is C19H23N3O3. The van der Waals surface area contributed by atoms with Crippen molar-refractivity contribution in [3.8, 4) is 0 Å². The number of aryl methyl sites for hydroxylation is 1. The van der Waals surface area contributed by atoms with Crippen molar-refractivity contribution < 1.29 is 14.3 Å². The number of nitrogens with zero attached hydrogens (tertiary/aromatic N) is 2. The lowest BCUT2D eigenvalue weighted by Gasteiger charge is -2.21. The van der Waals surface area contributed by atoms with Gasteiger partial charge >= 0.3 is 0 Å². The number of carbonyl (C=O) groups is 1. The minimum atomic E-state index is -0.977. The first-order valence-corrected chi connectivity index (χ1v) is 8.48. The first-order chi connectivity index (χ1) is 11.9. The van der Waals surface area contributed by atoms with Crippen LogP contribution in [-0.2, 0) is 11.2 Å². The zero-order chi connectivity index (χ0) is 18.2. The van der Waals surface area contributed by atoms with E-state index in [1.165, 1.54) is 6.26 Å². The second-order valence-corrected chi connectivity index (χ2v) is 6.77. The highest BCUT2D eigenvalue weighted by Gasteiger charge is 2.43. The van der Waals surface area contributed by atoms with Gasteiger partial charge in [-0.2, -0.15) is 0 Å². The number of hydrogen-bond donors (Lipinski definition) is 2. The van der Waals surface area contributed by atoms with Crippen LogP contribution in [-0.4, -0.2) is 27.4 Å². The number of aliphatic imine (C=N–C) groups is 1. The number of carbonyl (C=O) groups excluding carboxylic acids is 1. The molecule has 2 unspecified atom stereocenters. The summed E-state index contributed by atoms with van der Waals surface area (Å²) < 4.78 is 5.34. The summed E-state index contributed by atoms with van der Waals surface area (Å²) in [6, 6.07) is 5.32. The molecule has 0 radical (unpaired) electrons. The maximum Gasteiger partial charge on any atom is 0.253 e. The average Bonchev–Trinajstić information content (AvgIpc) is 3.23. The SMILES string of the molecule is CCc1cnc(C2=NC(C)(C(C)C)C(=O)N2)c(C(O)c2ccco2)c1. The number of amidine groups is 1. The molecule has 0 fully saturated rings. The van der Waals surface area contributed by atoms with Crippen molar-refractivity contribution in [2.24, 2.45) is 10.9 Å². The molecule has 0 saturated carbocycles. The Morgan fingerprint density at radius 2 is 2.16 bits per heavy atom. The molecule has 0 spiro atoms. The summed E-state index contributed by atoms with van der Waals surface area (Å²) in [5, 5.41) is 13.6. The molecule has 0 saturated heterocycles. The lowest BCUT2D eigenvalue weighted by Crippen LogP contribution is -2.41. The fourth-order valence-corrected chi connectivity index (χ4v) is 2.78. The van der Waals surface area contributed by atoms with Crippen molar-refractivity contribution in [1.29, 1.82) is 0 Å². The van der Waals surface area contributed by atoms with E-state index < -0.39 is 11.6 Å². The number of furan rings is 1. The Labute approximate surface area is 147 Å². The van der Waals surface area contributed by atoms with Gasteiger partial charge in [0.25, 0.3) is 5.91 Å². The molecular weight excluding hydrogens is 318 g/mol.